The summed E-state index contributed by atoms with van der Waals surface area (Å²) in [6.45, 7) is 2.16. The molecule has 130 valence electrons. The van der Waals surface area contributed by atoms with E-state index in [9.17, 15) is 14.0 Å². The third kappa shape index (κ3) is 3.47. The highest BCUT2D eigenvalue weighted by Gasteiger charge is 2.39. The van der Waals surface area contributed by atoms with Crippen molar-refractivity contribution < 1.29 is 18.7 Å². The number of rotatable bonds is 4. The van der Waals surface area contributed by atoms with Gasteiger partial charge in [0.05, 0.1) is 0 Å². The minimum Gasteiger partial charge on any atom is -0.445 e. The number of benzene rings is 2. The number of nitrogens with two attached hydrogens (primary N) is 1. The molecule has 1 fully saturated rings. The third-order valence-corrected chi connectivity index (χ3v) is 4.36. The van der Waals surface area contributed by atoms with Crippen LogP contribution in [0.1, 0.15) is 27.9 Å². The molecular formula is C19H19FN2O3. The zero-order valence-corrected chi connectivity index (χ0v) is 13.9. The first-order valence-electron chi connectivity index (χ1n) is 8.04. The quantitative estimate of drug-likeness (QED) is 0.683. The minimum atomic E-state index is -0.615. The fourth-order valence-electron chi connectivity index (χ4n) is 2.77. The first-order chi connectivity index (χ1) is 12.0. The molecule has 1 atom stereocenters. The van der Waals surface area contributed by atoms with Crippen LogP contribution in [0.15, 0.2) is 42.5 Å². The lowest BCUT2D eigenvalue weighted by atomic mass is 9.92. The number of anilines is 1. The molecule has 6 heteroatoms. The predicted molar refractivity (Wildman–Crippen MR) is 91.6 cm³/mol. The van der Waals surface area contributed by atoms with E-state index < -0.39 is 18.0 Å². The van der Waals surface area contributed by atoms with Gasteiger partial charge in [0.2, 0.25) is 0 Å². The summed E-state index contributed by atoms with van der Waals surface area (Å²) in [6.07, 6.45) is 0.000597. The van der Waals surface area contributed by atoms with E-state index in [1.807, 2.05) is 30.3 Å². The highest BCUT2D eigenvalue weighted by Crippen LogP contribution is 2.27. The minimum absolute atomic E-state index is 0.0811. The van der Waals surface area contributed by atoms with Crippen LogP contribution in [0.2, 0.25) is 0 Å². The van der Waals surface area contributed by atoms with Crippen LogP contribution in [0, 0.1) is 12.7 Å². The number of aryl methyl sites for hydroxylation is 1. The van der Waals surface area contributed by atoms with Gasteiger partial charge in [0.1, 0.15) is 18.5 Å². The Morgan fingerprint density at radius 3 is 2.64 bits per heavy atom. The zero-order chi connectivity index (χ0) is 18.0. The second kappa shape index (κ2) is 6.93. The van der Waals surface area contributed by atoms with Gasteiger partial charge < -0.3 is 10.5 Å². The van der Waals surface area contributed by atoms with E-state index in [0.29, 0.717) is 18.5 Å². The highest BCUT2D eigenvalue weighted by atomic mass is 19.1. The number of ketones is 1. The van der Waals surface area contributed by atoms with Crippen LogP contribution in [0.5, 0.6) is 0 Å². The number of Topliss-reactive ketones (excluding diaryl/α,β-unsaturated/α-hetero) is 1. The molecule has 0 aromatic heterocycles. The molecule has 1 aliphatic rings. The monoisotopic (exact) mass is 342 g/mol. The number of hydrogen-bond acceptors (Lipinski definition) is 4. The predicted octanol–water partition coefficient (Wildman–Crippen LogP) is 3.31. The molecular weight excluding hydrogens is 323 g/mol. The summed E-state index contributed by atoms with van der Waals surface area (Å²) in [4.78, 5) is 26.2. The van der Waals surface area contributed by atoms with Crippen molar-refractivity contribution in [2.45, 2.75) is 26.0 Å². The Hall–Kier alpha value is -2.89. The lowest BCUT2D eigenvalue weighted by Crippen LogP contribution is -2.55. The van der Waals surface area contributed by atoms with Gasteiger partial charge in [-0.25, -0.2) is 9.18 Å². The molecule has 0 bridgehead atoms. The summed E-state index contributed by atoms with van der Waals surface area (Å²) < 4.78 is 18.8. The molecule has 1 aliphatic heterocycles. The molecule has 25 heavy (non-hydrogen) atoms. The summed E-state index contributed by atoms with van der Waals surface area (Å²) >= 11 is 0. The van der Waals surface area contributed by atoms with E-state index in [1.165, 1.54) is 11.0 Å². The number of halogens is 1. The molecule has 0 radical (unpaired) electrons. The van der Waals surface area contributed by atoms with Gasteiger partial charge in [-0.15, -0.1) is 0 Å². The summed E-state index contributed by atoms with van der Waals surface area (Å²) in [6, 6.07) is 11.3. The molecule has 1 saturated heterocycles. The van der Waals surface area contributed by atoms with Crippen molar-refractivity contribution in [1.29, 1.82) is 0 Å². The summed E-state index contributed by atoms with van der Waals surface area (Å²) in [5, 5.41) is 0. The van der Waals surface area contributed by atoms with Gasteiger partial charge in [-0.05, 0) is 36.6 Å². The number of likely N-dealkylation sites (tertiary alicyclic amines) is 1. The second-order valence-electron chi connectivity index (χ2n) is 6.09. The summed E-state index contributed by atoms with van der Waals surface area (Å²) in [7, 11) is 0. The van der Waals surface area contributed by atoms with Crippen molar-refractivity contribution >= 4 is 17.6 Å². The van der Waals surface area contributed by atoms with Crippen molar-refractivity contribution in [1.82, 2.24) is 4.90 Å². The SMILES string of the molecule is Cc1cc(C(=O)[C@@H]2CCN2C(=O)OCc2ccccc2)c(N)cc1F. The summed E-state index contributed by atoms with van der Waals surface area (Å²) in [5.74, 6) is -0.745. The van der Waals surface area contributed by atoms with Crippen LogP contribution in [0.25, 0.3) is 0 Å². The van der Waals surface area contributed by atoms with E-state index in [2.05, 4.69) is 0 Å². The Bertz CT molecular complexity index is 808. The number of hydrogen-bond donors (Lipinski definition) is 1. The van der Waals surface area contributed by atoms with Gasteiger partial charge in [-0.1, -0.05) is 30.3 Å². The number of nitrogens with zero attached hydrogens (tertiary/aromatic N) is 1. The lowest BCUT2D eigenvalue weighted by molar-refractivity contribution is 0.0383. The number of amides is 1. The molecule has 2 N–H and O–H groups in total. The zero-order valence-electron chi connectivity index (χ0n) is 13.9. The fourth-order valence-corrected chi connectivity index (χ4v) is 2.77. The molecule has 3 rings (SSSR count). The van der Waals surface area contributed by atoms with Gasteiger partial charge in [-0.2, -0.15) is 0 Å². The lowest BCUT2D eigenvalue weighted by Gasteiger charge is -2.38. The van der Waals surface area contributed by atoms with Crippen LogP contribution in [-0.2, 0) is 11.3 Å². The van der Waals surface area contributed by atoms with Crippen LogP contribution >= 0.6 is 0 Å². The largest absolute Gasteiger partial charge is 0.445 e. The average Bonchev–Trinajstić information content (AvgIpc) is 2.56. The van der Waals surface area contributed by atoms with Crippen molar-refractivity contribution in [3.63, 3.8) is 0 Å². The number of nitrogen functional groups attached to an aromatic ring is 1. The average molecular weight is 342 g/mol. The number of carbonyl (C=O) groups excluding carboxylic acids is 2. The second-order valence-corrected chi connectivity index (χ2v) is 6.09. The van der Waals surface area contributed by atoms with E-state index in [0.717, 1.165) is 11.6 Å². The molecule has 0 aliphatic carbocycles. The molecule has 2 aromatic carbocycles. The highest BCUT2D eigenvalue weighted by molar-refractivity contribution is 6.06. The maximum atomic E-state index is 13.5. The molecule has 5 nitrogen and oxygen atoms in total. The van der Waals surface area contributed by atoms with E-state index >= 15 is 0 Å². The normalized spacial score (nSPS) is 16.2. The Morgan fingerprint density at radius 1 is 1.28 bits per heavy atom. The number of ether oxygens (including phenoxy) is 1. The van der Waals surface area contributed by atoms with Gasteiger partial charge in [0.25, 0.3) is 0 Å². The molecule has 1 heterocycles. The van der Waals surface area contributed by atoms with E-state index in [4.69, 9.17) is 10.5 Å². The Balaban J connectivity index is 1.66. The fraction of sp³-hybridized carbons (Fsp3) is 0.263. The topological polar surface area (TPSA) is 72.6 Å². The van der Waals surface area contributed by atoms with Crippen molar-refractivity contribution in [3.8, 4) is 0 Å². The van der Waals surface area contributed by atoms with E-state index in [-0.39, 0.29) is 23.6 Å². The molecule has 0 unspecified atom stereocenters. The van der Waals surface area contributed by atoms with Gasteiger partial charge in [0.15, 0.2) is 5.78 Å². The maximum absolute atomic E-state index is 13.5. The van der Waals surface area contributed by atoms with Crippen LogP contribution in [0.3, 0.4) is 0 Å². The standard InChI is InChI=1S/C19H19FN2O3/c1-12-9-14(16(21)10-15(12)20)18(23)17-7-8-22(17)19(24)25-11-13-5-3-2-4-6-13/h2-6,9-10,17H,7-8,11,21H2,1H3/t17-/m0/s1. The Kier molecular flexibility index (Phi) is 4.70. The Labute approximate surface area is 145 Å². The molecule has 1 amide bonds. The van der Waals surface area contributed by atoms with Crippen molar-refractivity contribution in [2.75, 3.05) is 12.3 Å². The molecule has 0 saturated carbocycles. The van der Waals surface area contributed by atoms with Crippen LogP contribution in [-0.4, -0.2) is 29.4 Å². The molecule has 0 spiro atoms. The summed E-state index contributed by atoms with van der Waals surface area (Å²) in [5.41, 5.74) is 7.31. The van der Waals surface area contributed by atoms with Crippen LogP contribution < -0.4 is 5.73 Å². The third-order valence-electron chi connectivity index (χ3n) is 4.36. The first kappa shape index (κ1) is 17.0. The van der Waals surface area contributed by atoms with Crippen molar-refractivity contribution in [3.05, 3.63) is 65.0 Å². The van der Waals surface area contributed by atoms with Gasteiger partial charge in [-0.3, -0.25) is 9.69 Å². The van der Waals surface area contributed by atoms with Gasteiger partial charge in [0, 0.05) is 17.8 Å². The molecule has 2 aromatic rings. The first-order valence-corrected chi connectivity index (χ1v) is 8.04. The van der Waals surface area contributed by atoms with Crippen molar-refractivity contribution in [2.24, 2.45) is 0 Å². The smallest absolute Gasteiger partial charge is 0.410 e. The van der Waals surface area contributed by atoms with Gasteiger partial charge >= 0.3 is 6.09 Å². The van der Waals surface area contributed by atoms with E-state index in [1.54, 1.807) is 6.92 Å². The van der Waals surface area contributed by atoms with Crippen LogP contribution in [0.4, 0.5) is 14.9 Å². The Morgan fingerprint density at radius 2 is 2.00 bits per heavy atom. The number of carbonyl (C=O) groups is 2. The maximum Gasteiger partial charge on any atom is 0.410 e.